The lowest BCUT2D eigenvalue weighted by Gasteiger charge is -2.18. The monoisotopic (exact) mass is 399 g/mol. The SMILES string of the molecule is CCN(CCOC)SCCC(=O)NCC(O)CNCc1cccc(OC)c1. The van der Waals surface area contributed by atoms with Gasteiger partial charge < -0.3 is 25.2 Å². The molecular weight excluding hydrogens is 366 g/mol. The van der Waals surface area contributed by atoms with Gasteiger partial charge in [-0.2, -0.15) is 0 Å². The smallest absolute Gasteiger partial charge is 0.220 e. The first-order valence-electron chi connectivity index (χ1n) is 9.24. The minimum Gasteiger partial charge on any atom is -0.497 e. The first-order valence-corrected chi connectivity index (χ1v) is 10.2. The lowest BCUT2D eigenvalue weighted by atomic mass is 10.2. The summed E-state index contributed by atoms with van der Waals surface area (Å²) in [4.78, 5) is 11.9. The molecule has 1 atom stereocenters. The maximum absolute atomic E-state index is 11.9. The molecule has 0 aliphatic heterocycles. The van der Waals surface area contributed by atoms with Crippen molar-refractivity contribution >= 4 is 17.9 Å². The second-order valence-electron chi connectivity index (χ2n) is 6.04. The number of hydrogen-bond donors (Lipinski definition) is 3. The van der Waals surface area contributed by atoms with Crippen LogP contribution in [0.4, 0.5) is 0 Å². The van der Waals surface area contributed by atoms with Gasteiger partial charge in [-0.15, -0.1) is 0 Å². The maximum Gasteiger partial charge on any atom is 0.220 e. The van der Waals surface area contributed by atoms with Crippen molar-refractivity contribution in [2.24, 2.45) is 0 Å². The molecule has 0 aliphatic rings. The Bertz CT molecular complexity index is 533. The minimum absolute atomic E-state index is 0.0443. The zero-order chi connectivity index (χ0) is 19.9. The average molecular weight is 400 g/mol. The molecule has 154 valence electrons. The second kappa shape index (κ2) is 14.7. The van der Waals surface area contributed by atoms with E-state index in [1.165, 1.54) is 0 Å². The van der Waals surface area contributed by atoms with Crippen LogP contribution in [0.3, 0.4) is 0 Å². The van der Waals surface area contributed by atoms with E-state index in [0.717, 1.165) is 24.4 Å². The molecule has 0 saturated carbocycles. The van der Waals surface area contributed by atoms with Gasteiger partial charge in [0.25, 0.3) is 0 Å². The zero-order valence-electron chi connectivity index (χ0n) is 16.6. The summed E-state index contributed by atoms with van der Waals surface area (Å²) in [5.74, 6) is 1.48. The van der Waals surface area contributed by atoms with Crippen LogP contribution in [-0.2, 0) is 16.1 Å². The Morgan fingerprint density at radius 3 is 2.85 bits per heavy atom. The molecule has 0 spiro atoms. The first-order chi connectivity index (χ1) is 13.1. The predicted octanol–water partition coefficient (Wildman–Crippen LogP) is 1.27. The number of benzene rings is 1. The molecule has 0 saturated heterocycles. The number of amides is 1. The fraction of sp³-hybridized carbons (Fsp3) is 0.632. The number of aliphatic hydroxyl groups is 1. The number of likely N-dealkylation sites (N-methyl/N-ethyl adjacent to an activating group) is 1. The van der Waals surface area contributed by atoms with Gasteiger partial charge in [-0.25, -0.2) is 4.31 Å². The molecule has 3 N–H and O–H groups in total. The summed E-state index contributed by atoms with van der Waals surface area (Å²) in [5, 5.41) is 16.0. The molecule has 0 radical (unpaired) electrons. The molecule has 0 heterocycles. The molecule has 8 heteroatoms. The van der Waals surface area contributed by atoms with Crippen molar-refractivity contribution < 1.29 is 19.4 Å². The number of nitrogens with zero attached hydrogens (tertiary/aromatic N) is 1. The Morgan fingerprint density at radius 2 is 2.15 bits per heavy atom. The second-order valence-corrected chi connectivity index (χ2v) is 7.22. The average Bonchev–Trinajstić information content (AvgIpc) is 2.69. The molecule has 0 aliphatic carbocycles. The normalized spacial score (nSPS) is 12.2. The van der Waals surface area contributed by atoms with Gasteiger partial charge in [-0.3, -0.25) is 4.79 Å². The van der Waals surface area contributed by atoms with Crippen LogP contribution in [-0.4, -0.2) is 74.2 Å². The van der Waals surface area contributed by atoms with E-state index in [1.54, 1.807) is 26.2 Å². The van der Waals surface area contributed by atoms with Gasteiger partial charge in [-0.05, 0) is 17.7 Å². The van der Waals surface area contributed by atoms with Crippen LogP contribution >= 0.6 is 11.9 Å². The lowest BCUT2D eigenvalue weighted by molar-refractivity contribution is -0.121. The Morgan fingerprint density at radius 1 is 1.33 bits per heavy atom. The van der Waals surface area contributed by atoms with Gasteiger partial charge in [0.2, 0.25) is 5.91 Å². The van der Waals surface area contributed by atoms with E-state index in [0.29, 0.717) is 31.9 Å². The van der Waals surface area contributed by atoms with Crippen molar-refractivity contribution in [3.63, 3.8) is 0 Å². The van der Waals surface area contributed by atoms with E-state index in [-0.39, 0.29) is 12.5 Å². The largest absolute Gasteiger partial charge is 0.497 e. The number of hydrogen-bond acceptors (Lipinski definition) is 7. The molecule has 0 fully saturated rings. The summed E-state index contributed by atoms with van der Waals surface area (Å²) >= 11 is 1.65. The number of carbonyl (C=O) groups is 1. The number of carbonyl (C=O) groups excluding carboxylic acids is 1. The highest BCUT2D eigenvalue weighted by Gasteiger charge is 2.09. The molecule has 1 unspecified atom stereocenters. The number of rotatable bonds is 15. The van der Waals surface area contributed by atoms with E-state index < -0.39 is 6.10 Å². The van der Waals surface area contributed by atoms with Crippen LogP contribution in [0.2, 0.25) is 0 Å². The molecule has 1 aromatic carbocycles. The van der Waals surface area contributed by atoms with Crippen LogP contribution in [0.1, 0.15) is 18.9 Å². The highest BCUT2D eigenvalue weighted by molar-refractivity contribution is 7.97. The van der Waals surface area contributed by atoms with Gasteiger partial charge >= 0.3 is 0 Å². The lowest BCUT2D eigenvalue weighted by Crippen LogP contribution is -2.38. The van der Waals surface area contributed by atoms with Gasteiger partial charge in [0.15, 0.2) is 0 Å². The van der Waals surface area contributed by atoms with E-state index >= 15 is 0 Å². The third-order valence-corrected chi connectivity index (χ3v) is 5.07. The van der Waals surface area contributed by atoms with Crippen LogP contribution in [0.5, 0.6) is 5.75 Å². The van der Waals surface area contributed by atoms with Crippen molar-refractivity contribution in [3.8, 4) is 5.75 Å². The fourth-order valence-corrected chi connectivity index (χ4v) is 3.25. The highest BCUT2D eigenvalue weighted by atomic mass is 32.2. The summed E-state index contributed by atoms with van der Waals surface area (Å²) in [6.07, 6.45) is -0.195. The zero-order valence-corrected chi connectivity index (χ0v) is 17.4. The number of aliphatic hydroxyl groups excluding tert-OH is 1. The van der Waals surface area contributed by atoms with E-state index in [4.69, 9.17) is 9.47 Å². The van der Waals surface area contributed by atoms with Crippen LogP contribution in [0.25, 0.3) is 0 Å². The Kier molecular flexibility index (Phi) is 12.9. The molecule has 1 rings (SSSR count). The van der Waals surface area contributed by atoms with E-state index in [2.05, 4.69) is 21.9 Å². The van der Waals surface area contributed by atoms with Crippen LogP contribution in [0.15, 0.2) is 24.3 Å². The summed E-state index contributed by atoms with van der Waals surface area (Å²) in [7, 11) is 3.32. The highest BCUT2D eigenvalue weighted by Crippen LogP contribution is 2.12. The van der Waals surface area contributed by atoms with E-state index in [1.807, 2.05) is 24.3 Å². The topological polar surface area (TPSA) is 83.1 Å². The molecule has 0 aromatic heterocycles. The van der Waals surface area contributed by atoms with Crippen molar-refractivity contribution in [1.29, 1.82) is 0 Å². The summed E-state index contributed by atoms with van der Waals surface area (Å²) < 4.78 is 12.4. The van der Waals surface area contributed by atoms with Crippen molar-refractivity contribution in [2.75, 3.05) is 52.8 Å². The quantitative estimate of drug-likeness (QED) is 0.383. The molecule has 1 amide bonds. The van der Waals surface area contributed by atoms with E-state index in [9.17, 15) is 9.90 Å². The van der Waals surface area contributed by atoms with Crippen molar-refractivity contribution in [3.05, 3.63) is 29.8 Å². The third-order valence-electron chi connectivity index (χ3n) is 3.88. The van der Waals surface area contributed by atoms with Gasteiger partial charge in [0.1, 0.15) is 5.75 Å². The van der Waals surface area contributed by atoms with Gasteiger partial charge in [0.05, 0.1) is 19.8 Å². The molecular formula is C19H33N3O4S. The molecule has 7 nitrogen and oxygen atoms in total. The predicted molar refractivity (Wildman–Crippen MR) is 110 cm³/mol. The van der Waals surface area contributed by atoms with Gasteiger partial charge in [0, 0.05) is 52.0 Å². The summed E-state index contributed by atoms with van der Waals surface area (Å²) in [5.41, 5.74) is 1.08. The number of methoxy groups -OCH3 is 2. The summed E-state index contributed by atoms with van der Waals surface area (Å²) in [6.45, 7) is 5.81. The Balaban J connectivity index is 2.12. The maximum atomic E-state index is 11.9. The third kappa shape index (κ3) is 11.2. The first kappa shape index (κ1) is 23.7. The van der Waals surface area contributed by atoms with Crippen molar-refractivity contribution in [2.45, 2.75) is 26.0 Å². The number of nitrogens with one attached hydrogen (secondary N) is 2. The Labute approximate surface area is 166 Å². The van der Waals surface area contributed by atoms with Crippen LogP contribution in [0, 0.1) is 0 Å². The minimum atomic E-state index is -0.624. The van der Waals surface area contributed by atoms with Gasteiger partial charge in [-0.1, -0.05) is 31.0 Å². The number of ether oxygens (including phenoxy) is 2. The molecule has 0 bridgehead atoms. The standard InChI is InChI=1S/C19H33N3O4S/c1-4-22(9-10-25-2)27-11-8-19(24)21-15-17(23)14-20-13-16-6-5-7-18(12-16)26-3/h5-7,12,17,20,23H,4,8-11,13-15H2,1-3H3,(H,21,24). The van der Waals surface area contributed by atoms with Crippen molar-refractivity contribution in [1.82, 2.24) is 14.9 Å². The summed E-state index contributed by atoms with van der Waals surface area (Å²) in [6, 6.07) is 7.77. The molecule has 27 heavy (non-hydrogen) atoms. The van der Waals surface area contributed by atoms with Crippen LogP contribution < -0.4 is 15.4 Å². The fourth-order valence-electron chi connectivity index (χ4n) is 2.33. The molecule has 1 aromatic rings. The Hall–Kier alpha value is -1.32.